The van der Waals surface area contributed by atoms with Gasteiger partial charge in [-0.25, -0.2) is 4.79 Å². The Morgan fingerprint density at radius 1 is 1.28 bits per heavy atom. The molecule has 1 saturated carbocycles. The standard InChI is InChI=1S/C11H19N3O4/c12-9(15)5-2-6-13-11(18)14-8-4-1-3-7(8)10(16)17/h7-8H,1-6H2,(H2,12,15)(H,16,17)(H2,13,14,18). The van der Waals surface area contributed by atoms with Crippen LogP contribution in [0.15, 0.2) is 0 Å². The molecule has 0 radical (unpaired) electrons. The highest BCUT2D eigenvalue weighted by Gasteiger charge is 2.33. The van der Waals surface area contributed by atoms with Gasteiger partial charge in [0.2, 0.25) is 5.91 Å². The third-order valence-electron chi connectivity index (χ3n) is 3.04. The fourth-order valence-electron chi connectivity index (χ4n) is 2.11. The molecule has 0 spiro atoms. The second kappa shape index (κ2) is 6.83. The van der Waals surface area contributed by atoms with Crippen molar-refractivity contribution in [1.29, 1.82) is 0 Å². The highest BCUT2D eigenvalue weighted by molar-refractivity contribution is 5.77. The van der Waals surface area contributed by atoms with Gasteiger partial charge in [0, 0.05) is 19.0 Å². The highest BCUT2D eigenvalue weighted by atomic mass is 16.4. The van der Waals surface area contributed by atoms with Crippen molar-refractivity contribution in [3.05, 3.63) is 0 Å². The minimum absolute atomic E-state index is 0.224. The summed E-state index contributed by atoms with van der Waals surface area (Å²) in [5.41, 5.74) is 4.96. The average molecular weight is 257 g/mol. The van der Waals surface area contributed by atoms with Gasteiger partial charge in [-0.2, -0.15) is 0 Å². The summed E-state index contributed by atoms with van der Waals surface area (Å²) in [4.78, 5) is 32.9. The Bertz CT molecular complexity index is 332. The van der Waals surface area contributed by atoms with E-state index < -0.39 is 23.8 Å². The van der Waals surface area contributed by atoms with Crippen LogP contribution in [-0.4, -0.2) is 35.6 Å². The van der Waals surface area contributed by atoms with Gasteiger partial charge < -0.3 is 21.5 Å². The van der Waals surface area contributed by atoms with Gasteiger partial charge in [-0.15, -0.1) is 0 Å². The fourth-order valence-corrected chi connectivity index (χ4v) is 2.11. The maximum atomic E-state index is 11.5. The van der Waals surface area contributed by atoms with Crippen molar-refractivity contribution in [3.63, 3.8) is 0 Å². The Morgan fingerprint density at radius 2 is 2.00 bits per heavy atom. The van der Waals surface area contributed by atoms with Crippen LogP contribution in [0, 0.1) is 5.92 Å². The van der Waals surface area contributed by atoms with Gasteiger partial charge in [-0.1, -0.05) is 6.42 Å². The van der Waals surface area contributed by atoms with Crippen molar-refractivity contribution in [1.82, 2.24) is 10.6 Å². The van der Waals surface area contributed by atoms with Crippen LogP contribution in [0.3, 0.4) is 0 Å². The van der Waals surface area contributed by atoms with E-state index in [9.17, 15) is 14.4 Å². The number of aliphatic carboxylic acids is 1. The van der Waals surface area contributed by atoms with Crippen molar-refractivity contribution in [2.75, 3.05) is 6.54 Å². The Morgan fingerprint density at radius 3 is 2.61 bits per heavy atom. The lowest BCUT2D eigenvalue weighted by molar-refractivity contribution is -0.142. The summed E-state index contributed by atoms with van der Waals surface area (Å²) >= 11 is 0. The predicted molar refractivity (Wildman–Crippen MR) is 63.7 cm³/mol. The van der Waals surface area contributed by atoms with Crippen LogP contribution in [0.1, 0.15) is 32.1 Å². The molecule has 18 heavy (non-hydrogen) atoms. The van der Waals surface area contributed by atoms with E-state index in [1.807, 2.05) is 0 Å². The molecular weight excluding hydrogens is 238 g/mol. The van der Waals surface area contributed by atoms with Gasteiger partial charge in [0.1, 0.15) is 0 Å². The molecule has 0 heterocycles. The van der Waals surface area contributed by atoms with Crippen LogP contribution in [0.4, 0.5) is 4.79 Å². The molecule has 102 valence electrons. The van der Waals surface area contributed by atoms with Crippen LogP contribution in [0.2, 0.25) is 0 Å². The number of primary amides is 1. The van der Waals surface area contributed by atoms with Gasteiger partial charge in [0.05, 0.1) is 5.92 Å². The number of carboxylic acid groups (broad SMARTS) is 1. The number of carbonyl (C=O) groups is 3. The van der Waals surface area contributed by atoms with E-state index in [0.717, 1.165) is 6.42 Å². The molecular formula is C11H19N3O4. The molecule has 1 aliphatic carbocycles. The molecule has 0 aromatic heterocycles. The molecule has 0 aromatic rings. The van der Waals surface area contributed by atoms with Crippen molar-refractivity contribution < 1.29 is 19.5 Å². The lowest BCUT2D eigenvalue weighted by Crippen LogP contribution is -2.45. The van der Waals surface area contributed by atoms with Gasteiger partial charge >= 0.3 is 12.0 Å². The first-order valence-corrected chi connectivity index (χ1v) is 6.06. The van der Waals surface area contributed by atoms with Gasteiger partial charge in [-0.3, -0.25) is 9.59 Å². The van der Waals surface area contributed by atoms with Crippen LogP contribution in [0.25, 0.3) is 0 Å². The minimum Gasteiger partial charge on any atom is -0.481 e. The number of carboxylic acids is 1. The number of rotatable bonds is 6. The Hall–Kier alpha value is -1.79. The maximum absolute atomic E-state index is 11.5. The molecule has 2 atom stereocenters. The maximum Gasteiger partial charge on any atom is 0.315 e. The smallest absolute Gasteiger partial charge is 0.315 e. The molecule has 3 amide bonds. The number of nitrogens with one attached hydrogen (secondary N) is 2. The third kappa shape index (κ3) is 4.60. The number of urea groups is 1. The Kier molecular flexibility index (Phi) is 5.41. The molecule has 0 saturated heterocycles. The quantitative estimate of drug-likeness (QED) is 0.492. The van der Waals surface area contributed by atoms with E-state index in [1.54, 1.807) is 0 Å². The van der Waals surface area contributed by atoms with Gasteiger partial charge in [-0.05, 0) is 19.3 Å². The summed E-state index contributed by atoms with van der Waals surface area (Å²) in [5, 5.41) is 14.2. The van der Waals surface area contributed by atoms with Gasteiger partial charge in [0.25, 0.3) is 0 Å². The highest BCUT2D eigenvalue weighted by Crippen LogP contribution is 2.25. The zero-order valence-electron chi connectivity index (χ0n) is 10.1. The van der Waals surface area contributed by atoms with Crippen LogP contribution in [-0.2, 0) is 9.59 Å². The fraction of sp³-hybridized carbons (Fsp3) is 0.727. The van der Waals surface area contributed by atoms with Crippen molar-refractivity contribution in [2.45, 2.75) is 38.1 Å². The second-order valence-electron chi connectivity index (χ2n) is 4.45. The molecule has 2 unspecified atom stereocenters. The SMILES string of the molecule is NC(=O)CCCNC(=O)NC1CCCC1C(=O)O. The summed E-state index contributed by atoms with van der Waals surface area (Å²) in [6.07, 6.45) is 2.80. The van der Waals surface area contributed by atoms with E-state index in [1.165, 1.54) is 0 Å². The normalized spacial score (nSPS) is 22.4. The topological polar surface area (TPSA) is 122 Å². The Balaban J connectivity index is 2.23. The average Bonchev–Trinajstić information content (AvgIpc) is 2.72. The summed E-state index contributed by atoms with van der Waals surface area (Å²) in [5.74, 6) is -1.77. The molecule has 1 aliphatic rings. The molecule has 7 nitrogen and oxygen atoms in total. The molecule has 0 aromatic carbocycles. The largest absolute Gasteiger partial charge is 0.481 e. The summed E-state index contributed by atoms with van der Waals surface area (Å²) in [6.45, 7) is 0.346. The van der Waals surface area contributed by atoms with E-state index >= 15 is 0 Å². The number of amides is 3. The molecule has 1 rings (SSSR count). The van der Waals surface area contributed by atoms with Crippen LogP contribution >= 0.6 is 0 Å². The molecule has 0 aliphatic heterocycles. The van der Waals surface area contributed by atoms with E-state index in [0.29, 0.717) is 25.8 Å². The van der Waals surface area contributed by atoms with Crippen molar-refractivity contribution in [3.8, 4) is 0 Å². The van der Waals surface area contributed by atoms with Crippen molar-refractivity contribution in [2.24, 2.45) is 11.7 Å². The summed E-state index contributed by atoms with van der Waals surface area (Å²) < 4.78 is 0. The monoisotopic (exact) mass is 257 g/mol. The van der Waals surface area contributed by atoms with Crippen molar-refractivity contribution >= 4 is 17.9 Å². The Labute approximate surface area is 105 Å². The first-order chi connectivity index (χ1) is 8.50. The number of hydrogen-bond donors (Lipinski definition) is 4. The number of hydrogen-bond acceptors (Lipinski definition) is 3. The zero-order valence-corrected chi connectivity index (χ0v) is 10.1. The molecule has 0 bridgehead atoms. The van der Waals surface area contributed by atoms with E-state index in [2.05, 4.69) is 10.6 Å². The number of nitrogens with two attached hydrogens (primary N) is 1. The first kappa shape index (κ1) is 14.3. The molecule has 5 N–H and O–H groups in total. The van der Waals surface area contributed by atoms with E-state index in [-0.39, 0.29) is 12.5 Å². The minimum atomic E-state index is -0.869. The van der Waals surface area contributed by atoms with E-state index in [4.69, 9.17) is 10.8 Å². The zero-order chi connectivity index (χ0) is 13.5. The van der Waals surface area contributed by atoms with Crippen LogP contribution in [0.5, 0.6) is 0 Å². The molecule has 7 heteroatoms. The predicted octanol–water partition coefficient (Wildman–Crippen LogP) is -0.196. The number of carbonyl (C=O) groups excluding carboxylic acids is 2. The summed E-state index contributed by atoms with van der Waals surface area (Å²) in [7, 11) is 0. The third-order valence-corrected chi connectivity index (χ3v) is 3.04. The lowest BCUT2D eigenvalue weighted by atomic mass is 10.0. The van der Waals surface area contributed by atoms with Crippen LogP contribution < -0.4 is 16.4 Å². The second-order valence-corrected chi connectivity index (χ2v) is 4.45. The summed E-state index contributed by atoms with van der Waals surface area (Å²) in [6, 6.07) is -0.698. The van der Waals surface area contributed by atoms with Gasteiger partial charge in [0.15, 0.2) is 0 Å². The molecule has 1 fully saturated rings. The lowest BCUT2D eigenvalue weighted by Gasteiger charge is -2.17. The first-order valence-electron chi connectivity index (χ1n) is 6.06.